The fourth-order valence-electron chi connectivity index (χ4n) is 2.54. The second-order valence-electron chi connectivity index (χ2n) is 5.55. The van der Waals surface area contributed by atoms with Gasteiger partial charge in [-0.05, 0) is 31.2 Å². The third-order valence-corrected chi connectivity index (χ3v) is 4.76. The second kappa shape index (κ2) is 6.86. The molecule has 0 bridgehead atoms. The minimum atomic E-state index is -0.489. The molecule has 26 heavy (non-hydrogen) atoms. The van der Waals surface area contributed by atoms with Gasteiger partial charge in [-0.15, -0.1) is 5.10 Å². The monoisotopic (exact) mass is 385 g/mol. The number of carbonyl (C=O) groups is 1. The Morgan fingerprint density at radius 1 is 1.27 bits per heavy atom. The highest BCUT2D eigenvalue weighted by Crippen LogP contribution is 2.27. The third kappa shape index (κ3) is 3.18. The van der Waals surface area contributed by atoms with Crippen LogP contribution in [0.4, 0.5) is 0 Å². The molecular formula is C18H12ClN3O3S. The van der Waals surface area contributed by atoms with Gasteiger partial charge in [-0.1, -0.05) is 34.3 Å². The molecule has 4 rings (SSSR count). The molecule has 0 spiro atoms. The van der Waals surface area contributed by atoms with Crippen LogP contribution in [-0.2, 0) is 11.3 Å². The van der Waals surface area contributed by atoms with E-state index < -0.39 is 5.97 Å². The molecule has 0 aliphatic rings. The van der Waals surface area contributed by atoms with Gasteiger partial charge in [0, 0.05) is 16.9 Å². The lowest BCUT2D eigenvalue weighted by Crippen LogP contribution is -2.07. The van der Waals surface area contributed by atoms with Crippen LogP contribution < -0.4 is 0 Å². The molecule has 8 heteroatoms. The predicted octanol–water partition coefficient (Wildman–Crippen LogP) is 4.67. The number of pyridine rings is 1. The van der Waals surface area contributed by atoms with Gasteiger partial charge in [0.25, 0.3) is 0 Å². The molecule has 0 aliphatic carbocycles. The van der Waals surface area contributed by atoms with E-state index in [0.717, 1.165) is 17.3 Å². The average Bonchev–Trinajstić information content (AvgIpc) is 3.27. The van der Waals surface area contributed by atoms with Crippen molar-refractivity contribution in [3.63, 3.8) is 0 Å². The van der Waals surface area contributed by atoms with E-state index in [9.17, 15) is 4.79 Å². The van der Waals surface area contributed by atoms with Gasteiger partial charge in [0.2, 0.25) is 0 Å². The first-order valence-corrected chi connectivity index (χ1v) is 8.87. The number of hydrogen-bond acceptors (Lipinski definition) is 7. The summed E-state index contributed by atoms with van der Waals surface area (Å²) in [6, 6.07) is 12.7. The Morgan fingerprint density at radius 2 is 2.12 bits per heavy atom. The largest absolute Gasteiger partial charge is 0.460 e. The second-order valence-corrected chi connectivity index (χ2v) is 6.91. The van der Waals surface area contributed by atoms with Crippen molar-refractivity contribution in [3.05, 3.63) is 63.8 Å². The molecule has 0 saturated carbocycles. The van der Waals surface area contributed by atoms with Crippen LogP contribution in [0.1, 0.15) is 21.8 Å². The van der Waals surface area contributed by atoms with E-state index in [2.05, 4.69) is 14.6 Å². The number of aromatic nitrogens is 3. The van der Waals surface area contributed by atoms with Gasteiger partial charge in [0.15, 0.2) is 5.76 Å². The van der Waals surface area contributed by atoms with Gasteiger partial charge in [0.1, 0.15) is 28.1 Å². The van der Waals surface area contributed by atoms with E-state index in [1.807, 2.05) is 43.3 Å². The number of esters is 1. The van der Waals surface area contributed by atoms with Gasteiger partial charge >= 0.3 is 5.97 Å². The number of para-hydroxylation sites is 1. The fraction of sp³-hybridized carbons (Fsp3) is 0.111. The van der Waals surface area contributed by atoms with Crippen molar-refractivity contribution in [2.75, 3.05) is 0 Å². The van der Waals surface area contributed by atoms with Crippen molar-refractivity contribution in [2.24, 2.45) is 0 Å². The summed E-state index contributed by atoms with van der Waals surface area (Å²) in [6.45, 7) is 1.81. The van der Waals surface area contributed by atoms with Crippen molar-refractivity contribution in [1.29, 1.82) is 0 Å². The molecular weight excluding hydrogens is 374 g/mol. The first-order chi connectivity index (χ1) is 12.6. The third-order valence-electron chi connectivity index (χ3n) is 3.78. The Morgan fingerprint density at radius 3 is 2.85 bits per heavy atom. The standard InChI is InChI=1S/C18H12ClN3O3S/c1-10-6-7-16(25-10)14-8-12(11-4-2-3-5-13(11)20-14)18(23)24-9-15-17(19)26-22-21-15/h2-8H,9H2,1H3. The number of aryl methyl sites for hydroxylation is 1. The van der Waals surface area contributed by atoms with Crippen LogP contribution in [0, 0.1) is 6.92 Å². The summed E-state index contributed by atoms with van der Waals surface area (Å²) < 4.78 is 15.1. The Balaban J connectivity index is 1.72. The molecule has 0 unspecified atom stereocenters. The highest BCUT2D eigenvalue weighted by Gasteiger charge is 2.17. The van der Waals surface area contributed by atoms with Crippen molar-refractivity contribution in [3.8, 4) is 11.5 Å². The topological polar surface area (TPSA) is 78.1 Å². The number of ether oxygens (including phenoxy) is 1. The van der Waals surface area contributed by atoms with Crippen LogP contribution in [0.5, 0.6) is 0 Å². The molecule has 0 atom stereocenters. The Bertz CT molecular complexity index is 1110. The van der Waals surface area contributed by atoms with Crippen molar-refractivity contribution >= 4 is 40.0 Å². The SMILES string of the molecule is Cc1ccc(-c2cc(C(=O)OCc3nnsc3Cl)c3ccccc3n2)o1. The minimum Gasteiger partial charge on any atom is -0.460 e. The summed E-state index contributed by atoms with van der Waals surface area (Å²) in [5, 5.41) is 4.54. The van der Waals surface area contributed by atoms with E-state index in [0.29, 0.717) is 38.0 Å². The summed E-state index contributed by atoms with van der Waals surface area (Å²) in [4.78, 5) is 17.3. The highest BCUT2D eigenvalue weighted by atomic mass is 35.5. The van der Waals surface area contributed by atoms with Crippen molar-refractivity contribution in [2.45, 2.75) is 13.5 Å². The van der Waals surface area contributed by atoms with Crippen molar-refractivity contribution in [1.82, 2.24) is 14.6 Å². The van der Waals surface area contributed by atoms with Gasteiger partial charge in [-0.3, -0.25) is 0 Å². The van der Waals surface area contributed by atoms with Gasteiger partial charge in [-0.2, -0.15) is 0 Å². The first-order valence-electron chi connectivity index (χ1n) is 7.72. The first kappa shape index (κ1) is 16.7. The minimum absolute atomic E-state index is 0.0417. The predicted molar refractivity (Wildman–Crippen MR) is 98.2 cm³/mol. The van der Waals surface area contributed by atoms with E-state index >= 15 is 0 Å². The van der Waals surface area contributed by atoms with E-state index in [1.165, 1.54) is 0 Å². The highest BCUT2D eigenvalue weighted by molar-refractivity contribution is 7.10. The molecule has 3 aromatic heterocycles. The number of rotatable bonds is 4. The summed E-state index contributed by atoms with van der Waals surface area (Å²) >= 11 is 7.00. The zero-order valence-electron chi connectivity index (χ0n) is 13.6. The maximum absolute atomic E-state index is 12.7. The fourth-order valence-corrected chi connectivity index (χ4v) is 3.14. The van der Waals surface area contributed by atoms with E-state index in [4.69, 9.17) is 20.8 Å². The summed E-state index contributed by atoms with van der Waals surface area (Å²) in [6.07, 6.45) is 0. The number of carbonyl (C=O) groups excluding carboxylic acids is 1. The molecule has 130 valence electrons. The smallest absolute Gasteiger partial charge is 0.339 e. The van der Waals surface area contributed by atoms with Crippen LogP contribution in [0.3, 0.4) is 0 Å². The zero-order valence-corrected chi connectivity index (χ0v) is 15.2. The van der Waals surface area contributed by atoms with Crippen LogP contribution in [-0.4, -0.2) is 20.5 Å². The van der Waals surface area contributed by atoms with Crippen LogP contribution in [0.15, 0.2) is 46.9 Å². The number of benzene rings is 1. The number of fused-ring (bicyclic) bond motifs is 1. The number of furan rings is 1. The molecule has 1 aromatic carbocycles. The maximum atomic E-state index is 12.7. The van der Waals surface area contributed by atoms with E-state index in [1.54, 1.807) is 6.07 Å². The molecule has 0 aliphatic heterocycles. The summed E-state index contributed by atoms with van der Waals surface area (Å²) in [7, 11) is 0. The average molecular weight is 386 g/mol. The number of nitrogens with zero attached hydrogens (tertiary/aromatic N) is 3. The Hall–Kier alpha value is -2.77. The molecule has 0 radical (unpaired) electrons. The lowest BCUT2D eigenvalue weighted by atomic mass is 10.1. The Labute approximate surface area is 157 Å². The molecule has 6 nitrogen and oxygen atoms in total. The molecule has 0 N–H and O–H groups in total. The van der Waals surface area contributed by atoms with Gasteiger partial charge in [-0.25, -0.2) is 9.78 Å². The lowest BCUT2D eigenvalue weighted by Gasteiger charge is -2.08. The Kier molecular flexibility index (Phi) is 4.40. The number of halogens is 1. The zero-order chi connectivity index (χ0) is 18.1. The quantitative estimate of drug-likeness (QED) is 0.475. The molecule has 0 amide bonds. The molecule has 3 heterocycles. The summed E-state index contributed by atoms with van der Waals surface area (Å²) in [5.74, 6) is 0.871. The van der Waals surface area contributed by atoms with Crippen molar-refractivity contribution < 1.29 is 13.9 Å². The normalized spacial score (nSPS) is 11.0. The summed E-state index contributed by atoms with van der Waals surface area (Å²) in [5.41, 5.74) is 2.08. The maximum Gasteiger partial charge on any atom is 0.339 e. The van der Waals surface area contributed by atoms with Gasteiger partial charge in [0.05, 0.1) is 11.1 Å². The van der Waals surface area contributed by atoms with Crippen LogP contribution >= 0.6 is 23.1 Å². The van der Waals surface area contributed by atoms with E-state index in [-0.39, 0.29) is 6.61 Å². The van der Waals surface area contributed by atoms with Gasteiger partial charge < -0.3 is 9.15 Å². The molecule has 0 saturated heterocycles. The lowest BCUT2D eigenvalue weighted by molar-refractivity contribution is 0.0470. The van der Waals surface area contributed by atoms with Crippen LogP contribution in [0.2, 0.25) is 4.34 Å². The van der Waals surface area contributed by atoms with Crippen LogP contribution in [0.25, 0.3) is 22.4 Å². The molecule has 4 aromatic rings. The molecule has 0 fully saturated rings. The number of hydrogen-bond donors (Lipinski definition) is 0.